The van der Waals surface area contributed by atoms with Crippen molar-refractivity contribution in [1.82, 2.24) is 15.0 Å². The molecular formula is C21H20Cl2N4O2. The number of hydrogen-bond donors (Lipinski definition) is 1. The molecule has 0 bridgehead atoms. The number of para-hydroxylation sites is 1. The first-order valence-electron chi connectivity index (χ1n) is 9.45. The summed E-state index contributed by atoms with van der Waals surface area (Å²) in [6.07, 6.45) is 2.63. The fourth-order valence-electron chi connectivity index (χ4n) is 3.42. The van der Waals surface area contributed by atoms with E-state index in [-0.39, 0.29) is 12.1 Å². The number of rotatable bonds is 3. The number of carbonyl (C=O) groups is 1. The average molecular weight is 431 g/mol. The summed E-state index contributed by atoms with van der Waals surface area (Å²) >= 11 is 12.4. The Morgan fingerprint density at radius 1 is 1.14 bits per heavy atom. The largest absolute Gasteiger partial charge is 0.337 e. The standard InChI is InChI=1S/C21H20Cl2N4O2/c1-13-8-10-14(11-9-13)19-25-20(29-26-19)17-7-2-3-12-27(17)21(28)24-18-15(22)5-4-6-16(18)23/h4-6,8-11,17H,2-3,7,12H2,1H3,(H,24,28). The summed E-state index contributed by atoms with van der Waals surface area (Å²) in [5.74, 6) is 0.945. The van der Waals surface area contributed by atoms with Gasteiger partial charge in [-0.2, -0.15) is 4.98 Å². The van der Waals surface area contributed by atoms with Crippen molar-refractivity contribution >= 4 is 34.9 Å². The van der Waals surface area contributed by atoms with Gasteiger partial charge in [0.15, 0.2) is 0 Å². The molecular weight excluding hydrogens is 411 g/mol. The zero-order chi connectivity index (χ0) is 20.4. The van der Waals surface area contributed by atoms with Crippen LogP contribution in [-0.2, 0) is 0 Å². The van der Waals surface area contributed by atoms with Crippen LogP contribution in [0.2, 0.25) is 10.0 Å². The van der Waals surface area contributed by atoms with E-state index in [4.69, 9.17) is 27.7 Å². The zero-order valence-electron chi connectivity index (χ0n) is 15.9. The number of nitrogens with zero attached hydrogens (tertiary/aromatic N) is 3. The van der Waals surface area contributed by atoms with E-state index in [1.165, 1.54) is 0 Å². The summed E-state index contributed by atoms with van der Waals surface area (Å²) in [6, 6.07) is 12.4. The van der Waals surface area contributed by atoms with E-state index < -0.39 is 0 Å². The minimum Gasteiger partial charge on any atom is -0.337 e. The monoisotopic (exact) mass is 430 g/mol. The van der Waals surface area contributed by atoms with Gasteiger partial charge in [0.25, 0.3) is 0 Å². The van der Waals surface area contributed by atoms with Gasteiger partial charge in [-0.3, -0.25) is 0 Å². The number of urea groups is 1. The first-order valence-corrected chi connectivity index (χ1v) is 10.2. The van der Waals surface area contributed by atoms with Gasteiger partial charge in [0, 0.05) is 12.1 Å². The number of aryl methyl sites for hydroxylation is 1. The van der Waals surface area contributed by atoms with Gasteiger partial charge < -0.3 is 14.7 Å². The molecule has 1 unspecified atom stereocenters. The van der Waals surface area contributed by atoms with Crippen molar-refractivity contribution in [2.45, 2.75) is 32.2 Å². The van der Waals surface area contributed by atoms with Crippen LogP contribution in [0.5, 0.6) is 0 Å². The summed E-state index contributed by atoms with van der Waals surface area (Å²) < 4.78 is 5.53. The predicted molar refractivity (Wildman–Crippen MR) is 113 cm³/mol. The minimum absolute atomic E-state index is 0.292. The Morgan fingerprint density at radius 2 is 1.86 bits per heavy atom. The fraction of sp³-hybridized carbons (Fsp3) is 0.286. The summed E-state index contributed by atoms with van der Waals surface area (Å²) in [5, 5.41) is 7.71. The smallest absolute Gasteiger partial charge is 0.322 e. The van der Waals surface area contributed by atoms with E-state index >= 15 is 0 Å². The second-order valence-electron chi connectivity index (χ2n) is 7.05. The number of benzene rings is 2. The van der Waals surface area contributed by atoms with Crippen molar-refractivity contribution < 1.29 is 9.32 Å². The van der Waals surface area contributed by atoms with Gasteiger partial charge in [-0.1, -0.05) is 64.3 Å². The third-order valence-electron chi connectivity index (χ3n) is 4.99. The molecule has 2 aromatic carbocycles. The molecule has 1 fully saturated rings. The second-order valence-corrected chi connectivity index (χ2v) is 7.87. The molecule has 0 saturated carbocycles. The third-order valence-corrected chi connectivity index (χ3v) is 5.62. The fourth-order valence-corrected chi connectivity index (χ4v) is 3.91. The Balaban J connectivity index is 1.56. The van der Waals surface area contributed by atoms with Crippen LogP contribution >= 0.6 is 23.2 Å². The molecule has 3 aromatic rings. The van der Waals surface area contributed by atoms with Crippen LogP contribution in [0.15, 0.2) is 47.0 Å². The van der Waals surface area contributed by atoms with E-state index in [9.17, 15) is 4.79 Å². The number of anilines is 1. The van der Waals surface area contributed by atoms with Crippen molar-refractivity contribution in [3.05, 3.63) is 64.0 Å². The van der Waals surface area contributed by atoms with Crippen molar-refractivity contribution in [2.24, 2.45) is 0 Å². The SMILES string of the molecule is Cc1ccc(-c2noc(C3CCCCN3C(=O)Nc3c(Cl)cccc3Cl)n2)cc1. The maximum absolute atomic E-state index is 13.0. The number of piperidine rings is 1. The maximum atomic E-state index is 13.0. The van der Waals surface area contributed by atoms with Crippen molar-refractivity contribution in [2.75, 3.05) is 11.9 Å². The Hall–Kier alpha value is -2.57. The molecule has 1 aromatic heterocycles. The summed E-state index contributed by atoms with van der Waals surface area (Å²) in [5.41, 5.74) is 2.43. The molecule has 1 atom stereocenters. The molecule has 1 N–H and O–H groups in total. The molecule has 6 nitrogen and oxygen atoms in total. The van der Waals surface area contributed by atoms with Gasteiger partial charge in [-0.05, 0) is 38.3 Å². The highest BCUT2D eigenvalue weighted by molar-refractivity contribution is 6.39. The van der Waals surface area contributed by atoms with Crippen LogP contribution in [0.25, 0.3) is 11.4 Å². The van der Waals surface area contributed by atoms with Crippen molar-refractivity contribution in [3.63, 3.8) is 0 Å². The quantitative estimate of drug-likeness (QED) is 0.543. The normalized spacial score (nSPS) is 16.7. The lowest BCUT2D eigenvalue weighted by atomic mass is 10.0. The summed E-state index contributed by atoms with van der Waals surface area (Å²) in [7, 11) is 0. The zero-order valence-corrected chi connectivity index (χ0v) is 17.4. The number of likely N-dealkylation sites (tertiary alicyclic amines) is 1. The number of hydrogen-bond acceptors (Lipinski definition) is 4. The van der Waals surface area contributed by atoms with Crippen LogP contribution in [0.1, 0.15) is 36.8 Å². The highest BCUT2D eigenvalue weighted by Gasteiger charge is 2.32. The molecule has 29 heavy (non-hydrogen) atoms. The molecule has 2 amide bonds. The number of nitrogens with one attached hydrogen (secondary N) is 1. The van der Waals surface area contributed by atoms with Gasteiger partial charge in [0.05, 0.1) is 15.7 Å². The number of halogens is 2. The maximum Gasteiger partial charge on any atom is 0.322 e. The number of amides is 2. The Kier molecular flexibility index (Phi) is 5.74. The van der Waals surface area contributed by atoms with Crippen LogP contribution in [0, 0.1) is 6.92 Å². The first kappa shape index (κ1) is 19.7. The van der Waals surface area contributed by atoms with E-state index in [0.717, 1.165) is 30.4 Å². The Labute approximate surface area is 178 Å². The summed E-state index contributed by atoms with van der Waals surface area (Å²) in [6.45, 7) is 2.61. The predicted octanol–water partition coefficient (Wildman–Crippen LogP) is 6.11. The molecule has 2 heterocycles. The Bertz CT molecular complexity index is 1000. The van der Waals surface area contributed by atoms with Crippen LogP contribution < -0.4 is 5.32 Å². The third kappa shape index (κ3) is 4.23. The number of aromatic nitrogens is 2. The lowest BCUT2D eigenvalue weighted by molar-refractivity contribution is 0.142. The van der Waals surface area contributed by atoms with Crippen LogP contribution in [-0.4, -0.2) is 27.6 Å². The highest BCUT2D eigenvalue weighted by atomic mass is 35.5. The molecule has 4 rings (SSSR count). The summed E-state index contributed by atoms with van der Waals surface area (Å²) in [4.78, 5) is 19.2. The Morgan fingerprint density at radius 3 is 2.59 bits per heavy atom. The van der Waals surface area contributed by atoms with Gasteiger partial charge in [0.2, 0.25) is 11.7 Å². The molecule has 0 spiro atoms. The first-order chi connectivity index (χ1) is 14.0. The highest BCUT2D eigenvalue weighted by Crippen LogP contribution is 2.34. The molecule has 1 aliphatic rings. The van der Waals surface area contributed by atoms with Gasteiger partial charge in [-0.25, -0.2) is 4.79 Å². The van der Waals surface area contributed by atoms with Crippen LogP contribution in [0.3, 0.4) is 0 Å². The molecule has 0 radical (unpaired) electrons. The lowest BCUT2D eigenvalue weighted by Crippen LogP contribution is -2.41. The number of carbonyl (C=O) groups excluding carboxylic acids is 1. The van der Waals surface area contributed by atoms with Gasteiger partial charge in [0.1, 0.15) is 6.04 Å². The van der Waals surface area contributed by atoms with E-state index in [1.54, 1.807) is 23.1 Å². The van der Waals surface area contributed by atoms with Gasteiger partial charge in [-0.15, -0.1) is 0 Å². The molecule has 0 aliphatic carbocycles. The van der Waals surface area contributed by atoms with Crippen molar-refractivity contribution in [1.29, 1.82) is 0 Å². The molecule has 1 saturated heterocycles. The molecule has 8 heteroatoms. The molecule has 1 aliphatic heterocycles. The molecule has 150 valence electrons. The van der Waals surface area contributed by atoms with Crippen LogP contribution in [0.4, 0.5) is 10.5 Å². The van der Waals surface area contributed by atoms with E-state index in [2.05, 4.69) is 15.5 Å². The van der Waals surface area contributed by atoms with Crippen molar-refractivity contribution in [3.8, 4) is 11.4 Å². The topological polar surface area (TPSA) is 71.3 Å². The van der Waals surface area contributed by atoms with Gasteiger partial charge >= 0.3 is 6.03 Å². The van der Waals surface area contributed by atoms with E-state index in [1.807, 2.05) is 31.2 Å². The second kappa shape index (κ2) is 8.43. The lowest BCUT2D eigenvalue weighted by Gasteiger charge is -2.33. The average Bonchev–Trinajstić information content (AvgIpc) is 3.21. The van der Waals surface area contributed by atoms with E-state index in [0.29, 0.717) is 34.0 Å². The minimum atomic E-state index is -0.295.